The SMILES string of the molecule is COCCC(N)C(=O)Nc1sc(C)c(C)c1C#N. The Morgan fingerprint density at radius 2 is 2.28 bits per heavy atom. The predicted molar refractivity (Wildman–Crippen MR) is 71.6 cm³/mol. The van der Waals surface area contributed by atoms with Crippen LogP contribution >= 0.6 is 11.3 Å². The van der Waals surface area contributed by atoms with Crippen LogP contribution in [-0.4, -0.2) is 25.7 Å². The van der Waals surface area contributed by atoms with E-state index < -0.39 is 6.04 Å². The Morgan fingerprint density at radius 3 is 2.83 bits per heavy atom. The van der Waals surface area contributed by atoms with Gasteiger partial charge in [0.2, 0.25) is 5.91 Å². The second-order valence-electron chi connectivity index (χ2n) is 3.98. The maximum absolute atomic E-state index is 11.8. The Bertz CT molecular complexity index is 476. The summed E-state index contributed by atoms with van der Waals surface area (Å²) in [7, 11) is 1.56. The van der Waals surface area contributed by atoms with Gasteiger partial charge in [-0.15, -0.1) is 11.3 Å². The lowest BCUT2D eigenvalue weighted by Gasteiger charge is -2.10. The Balaban J connectivity index is 2.76. The molecule has 1 atom stereocenters. The minimum atomic E-state index is -0.626. The zero-order valence-corrected chi connectivity index (χ0v) is 11.6. The first-order valence-corrected chi connectivity index (χ1v) is 6.38. The number of hydrogen-bond donors (Lipinski definition) is 2. The lowest BCUT2D eigenvalue weighted by molar-refractivity contribution is -0.117. The summed E-state index contributed by atoms with van der Waals surface area (Å²) in [6, 6.07) is 1.48. The topological polar surface area (TPSA) is 88.1 Å². The number of methoxy groups -OCH3 is 1. The van der Waals surface area contributed by atoms with Crippen LogP contribution in [0, 0.1) is 25.2 Å². The van der Waals surface area contributed by atoms with Crippen molar-refractivity contribution in [3.8, 4) is 6.07 Å². The number of amides is 1. The summed E-state index contributed by atoms with van der Waals surface area (Å²) in [5, 5.41) is 12.3. The number of nitrogens with one attached hydrogen (secondary N) is 1. The Kier molecular flexibility index (Phi) is 5.28. The number of anilines is 1. The molecule has 0 fully saturated rings. The third kappa shape index (κ3) is 3.29. The highest BCUT2D eigenvalue weighted by molar-refractivity contribution is 7.16. The average molecular weight is 267 g/mol. The Hall–Kier alpha value is -1.42. The Labute approximate surface area is 111 Å². The molecule has 3 N–H and O–H groups in total. The van der Waals surface area contributed by atoms with E-state index in [1.165, 1.54) is 11.3 Å². The largest absolute Gasteiger partial charge is 0.385 e. The monoisotopic (exact) mass is 267 g/mol. The van der Waals surface area contributed by atoms with E-state index in [2.05, 4.69) is 11.4 Å². The normalized spacial score (nSPS) is 11.9. The third-order valence-corrected chi connectivity index (χ3v) is 3.83. The molecule has 98 valence electrons. The van der Waals surface area contributed by atoms with Crippen molar-refractivity contribution in [2.45, 2.75) is 26.3 Å². The lowest BCUT2D eigenvalue weighted by atomic mass is 10.2. The van der Waals surface area contributed by atoms with Crippen molar-refractivity contribution in [1.82, 2.24) is 0 Å². The number of ether oxygens (including phenoxy) is 1. The van der Waals surface area contributed by atoms with Gasteiger partial charge in [0.05, 0.1) is 11.6 Å². The van der Waals surface area contributed by atoms with Gasteiger partial charge in [0.15, 0.2) is 0 Å². The number of nitrogens with zero attached hydrogens (tertiary/aromatic N) is 1. The minimum absolute atomic E-state index is 0.287. The second kappa shape index (κ2) is 6.50. The van der Waals surface area contributed by atoms with Crippen LogP contribution in [-0.2, 0) is 9.53 Å². The molecule has 1 aromatic rings. The fourth-order valence-corrected chi connectivity index (χ4v) is 2.44. The van der Waals surface area contributed by atoms with Crippen molar-refractivity contribution in [2.24, 2.45) is 5.73 Å². The number of hydrogen-bond acceptors (Lipinski definition) is 5. The van der Waals surface area contributed by atoms with Crippen LogP contribution in [0.4, 0.5) is 5.00 Å². The first-order valence-electron chi connectivity index (χ1n) is 5.56. The quantitative estimate of drug-likeness (QED) is 0.847. The molecule has 18 heavy (non-hydrogen) atoms. The van der Waals surface area contributed by atoms with E-state index in [0.29, 0.717) is 23.6 Å². The average Bonchev–Trinajstić information content (AvgIpc) is 2.61. The molecular weight excluding hydrogens is 250 g/mol. The zero-order valence-electron chi connectivity index (χ0n) is 10.7. The van der Waals surface area contributed by atoms with E-state index in [1.54, 1.807) is 7.11 Å². The van der Waals surface area contributed by atoms with Gasteiger partial charge in [-0.1, -0.05) is 0 Å². The molecule has 0 aliphatic heterocycles. The number of rotatable bonds is 5. The van der Waals surface area contributed by atoms with Crippen LogP contribution in [0.15, 0.2) is 0 Å². The third-order valence-electron chi connectivity index (χ3n) is 2.70. The number of carbonyl (C=O) groups excluding carboxylic acids is 1. The first kappa shape index (κ1) is 14.6. The molecule has 1 unspecified atom stereocenters. The fraction of sp³-hybridized carbons (Fsp3) is 0.500. The maximum atomic E-state index is 11.8. The van der Waals surface area contributed by atoms with E-state index in [4.69, 9.17) is 15.7 Å². The van der Waals surface area contributed by atoms with E-state index >= 15 is 0 Å². The van der Waals surface area contributed by atoms with Crippen LogP contribution in [0.2, 0.25) is 0 Å². The van der Waals surface area contributed by atoms with Gasteiger partial charge in [0, 0.05) is 18.6 Å². The molecule has 1 heterocycles. The van der Waals surface area contributed by atoms with Gasteiger partial charge in [-0.2, -0.15) is 5.26 Å². The van der Waals surface area contributed by atoms with Crippen molar-refractivity contribution in [3.63, 3.8) is 0 Å². The summed E-state index contributed by atoms with van der Waals surface area (Å²) in [6.07, 6.45) is 0.452. The van der Waals surface area contributed by atoms with Crippen LogP contribution in [0.25, 0.3) is 0 Å². The standard InChI is InChI=1S/C12H17N3O2S/c1-7-8(2)18-12(9(7)6-13)15-11(16)10(14)4-5-17-3/h10H,4-5,14H2,1-3H3,(H,15,16). The van der Waals surface area contributed by atoms with E-state index in [9.17, 15) is 4.79 Å². The molecule has 5 nitrogen and oxygen atoms in total. The zero-order chi connectivity index (χ0) is 13.7. The molecule has 0 aromatic carbocycles. The number of nitriles is 1. The molecule has 1 amide bonds. The van der Waals surface area contributed by atoms with E-state index in [0.717, 1.165) is 10.4 Å². The van der Waals surface area contributed by atoms with Crippen LogP contribution in [0.1, 0.15) is 22.4 Å². The van der Waals surface area contributed by atoms with Crippen molar-refractivity contribution in [3.05, 3.63) is 16.0 Å². The van der Waals surface area contributed by atoms with Crippen molar-refractivity contribution in [2.75, 3.05) is 19.0 Å². The highest BCUT2D eigenvalue weighted by Crippen LogP contribution is 2.31. The van der Waals surface area contributed by atoms with Gasteiger partial charge >= 0.3 is 0 Å². The molecule has 0 spiro atoms. The second-order valence-corrected chi connectivity index (χ2v) is 5.20. The van der Waals surface area contributed by atoms with Gasteiger partial charge < -0.3 is 15.8 Å². The molecule has 0 radical (unpaired) electrons. The maximum Gasteiger partial charge on any atom is 0.242 e. The van der Waals surface area contributed by atoms with Crippen molar-refractivity contribution < 1.29 is 9.53 Å². The van der Waals surface area contributed by atoms with Crippen LogP contribution in [0.5, 0.6) is 0 Å². The van der Waals surface area contributed by atoms with Crippen LogP contribution < -0.4 is 11.1 Å². The van der Waals surface area contributed by atoms with Crippen molar-refractivity contribution >= 4 is 22.2 Å². The van der Waals surface area contributed by atoms with Gasteiger partial charge in [0.25, 0.3) is 0 Å². The molecule has 1 rings (SSSR count). The number of nitrogens with two attached hydrogens (primary N) is 1. The number of aryl methyl sites for hydroxylation is 1. The molecule has 6 heteroatoms. The molecule has 0 saturated carbocycles. The van der Waals surface area contributed by atoms with Gasteiger partial charge in [0.1, 0.15) is 11.1 Å². The predicted octanol–water partition coefficient (Wildman–Crippen LogP) is 1.54. The van der Waals surface area contributed by atoms with Gasteiger partial charge in [-0.3, -0.25) is 4.79 Å². The summed E-state index contributed by atoms with van der Waals surface area (Å²) in [5.41, 5.74) is 7.14. The first-order chi connectivity index (χ1) is 8.51. The summed E-state index contributed by atoms with van der Waals surface area (Å²) >= 11 is 1.39. The minimum Gasteiger partial charge on any atom is -0.385 e. The molecule has 0 aliphatic carbocycles. The van der Waals surface area contributed by atoms with Crippen LogP contribution in [0.3, 0.4) is 0 Å². The highest BCUT2D eigenvalue weighted by Gasteiger charge is 2.18. The van der Waals surface area contributed by atoms with Gasteiger partial charge in [-0.25, -0.2) is 0 Å². The summed E-state index contributed by atoms with van der Waals surface area (Å²) in [6.45, 7) is 4.22. The number of thiophene rings is 1. The highest BCUT2D eigenvalue weighted by atomic mass is 32.1. The fourth-order valence-electron chi connectivity index (χ4n) is 1.43. The summed E-state index contributed by atoms with van der Waals surface area (Å²) in [5.74, 6) is -0.287. The van der Waals surface area contributed by atoms with E-state index in [-0.39, 0.29) is 5.91 Å². The van der Waals surface area contributed by atoms with Crippen molar-refractivity contribution in [1.29, 1.82) is 5.26 Å². The van der Waals surface area contributed by atoms with Gasteiger partial charge in [-0.05, 0) is 25.8 Å². The molecule has 1 aromatic heterocycles. The summed E-state index contributed by atoms with van der Waals surface area (Å²) in [4.78, 5) is 12.8. The molecule has 0 aliphatic rings. The number of carbonyl (C=O) groups is 1. The van der Waals surface area contributed by atoms with E-state index in [1.807, 2.05) is 13.8 Å². The Morgan fingerprint density at radius 1 is 1.61 bits per heavy atom. The molecule has 0 saturated heterocycles. The lowest BCUT2D eigenvalue weighted by Crippen LogP contribution is -2.36. The molecule has 0 bridgehead atoms. The smallest absolute Gasteiger partial charge is 0.242 e. The summed E-state index contributed by atoms with van der Waals surface area (Å²) < 4.78 is 4.87. The molecular formula is C12H17N3O2S.